The lowest BCUT2D eigenvalue weighted by molar-refractivity contribution is -0.139. The van der Waals surface area contributed by atoms with Crippen molar-refractivity contribution in [3.8, 4) is 5.75 Å². The van der Waals surface area contributed by atoms with Gasteiger partial charge in [0.25, 0.3) is 5.91 Å². The first-order valence-electron chi connectivity index (χ1n) is 6.82. The molecule has 3 rings (SSSR count). The zero-order chi connectivity index (χ0) is 15.7. The fraction of sp³-hybridized carbons (Fsp3) is 0.267. The Hall–Kier alpha value is -2.83. The van der Waals surface area contributed by atoms with Crippen LogP contribution < -0.4 is 10.1 Å². The number of rotatable bonds is 4. The Morgan fingerprint density at radius 1 is 1.45 bits per heavy atom. The van der Waals surface area contributed by atoms with Gasteiger partial charge in [0.2, 0.25) is 0 Å². The molecule has 2 aromatic rings. The number of amides is 1. The normalized spacial score (nSPS) is 14.0. The Labute approximate surface area is 126 Å². The van der Waals surface area contributed by atoms with Gasteiger partial charge in [-0.15, -0.1) is 0 Å². The number of hydrogen-bond acceptors (Lipinski definition) is 4. The Balaban J connectivity index is 1.84. The van der Waals surface area contributed by atoms with E-state index in [4.69, 9.17) is 4.74 Å². The maximum absolute atomic E-state index is 12.1. The second-order valence-corrected chi connectivity index (χ2v) is 5.11. The van der Waals surface area contributed by atoms with Crippen molar-refractivity contribution in [2.45, 2.75) is 12.5 Å². The number of carboxylic acids is 1. The molecule has 1 aliphatic heterocycles. The summed E-state index contributed by atoms with van der Waals surface area (Å²) in [6, 6.07) is 4.06. The second kappa shape index (κ2) is 5.51. The third kappa shape index (κ3) is 2.65. The minimum Gasteiger partial charge on any atom is -0.493 e. The van der Waals surface area contributed by atoms with Crippen molar-refractivity contribution in [3.63, 3.8) is 0 Å². The Kier molecular flexibility index (Phi) is 3.54. The zero-order valence-electron chi connectivity index (χ0n) is 11.9. The molecule has 22 heavy (non-hydrogen) atoms. The summed E-state index contributed by atoms with van der Waals surface area (Å²) in [6.07, 6.45) is 3.67. The number of aromatic nitrogens is 2. The lowest BCUT2D eigenvalue weighted by Crippen LogP contribution is -2.33. The maximum Gasteiger partial charge on any atom is 0.330 e. The summed E-state index contributed by atoms with van der Waals surface area (Å²) in [5, 5.41) is 15.8. The van der Waals surface area contributed by atoms with E-state index in [0.717, 1.165) is 17.7 Å². The van der Waals surface area contributed by atoms with E-state index in [-0.39, 0.29) is 0 Å². The number of carbonyl (C=O) groups excluding carboxylic acids is 1. The number of nitrogens with one attached hydrogen (secondary N) is 1. The van der Waals surface area contributed by atoms with Gasteiger partial charge >= 0.3 is 5.97 Å². The number of nitrogens with zero attached hydrogens (tertiary/aromatic N) is 2. The van der Waals surface area contributed by atoms with Gasteiger partial charge < -0.3 is 15.2 Å². The predicted molar refractivity (Wildman–Crippen MR) is 76.7 cm³/mol. The maximum atomic E-state index is 12.1. The quantitative estimate of drug-likeness (QED) is 0.875. The fourth-order valence-electron chi connectivity index (χ4n) is 2.43. The number of aliphatic carboxylic acids is 1. The first-order chi connectivity index (χ1) is 10.5. The molecule has 0 saturated carbocycles. The highest BCUT2D eigenvalue weighted by atomic mass is 16.5. The summed E-state index contributed by atoms with van der Waals surface area (Å²) < 4.78 is 6.88. The molecule has 7 nitrogen and oxygen atoms in total. The smallest absolute Gasteiger partial charge is 0.330 e. The molecular formula is C15H15N3O4. The molecule has 1 aromatic heterocycles. The van der Waals surface area contributed by atoms with Crippen LogP contribution in [0, 0.1) is 0 Å². The van der Waals surface area contributed by atoms with Crippen molar-refractivity contribution < 1.29 is 19.4 Å². The highest BCUT2D eigenvalue weighted by Crippen LogP contribution is 2.28. The number of hydrogen-bond donors (Lipinski definition) is 2. The van der Waals surface area contributed by atoms with Gasteiger partial charge in [-0.25, -0.2) is 4.79 Å². The lowest BCUT2D eigenvalue weighted by Gasteiger charge is -2.15. The summed E-state index contributed by atoms with van der Waals surface area (Å²) in [4.78, 5) is 23.6. The van der Waals surface area contributed by atoms with Gasteiger partial charge in [-0.3, -0.25) is 9.48 Å². The van der Waals surface area contributed by atoms with Gasteiger partial charge in [-0.1, -0.05) is 6.07 Å². The van der Waals surface area contributed by atoms with E-state index in [1.54, 1.807) is 25.2 Å². The molecule has 0 saturated heterocycles. The van der Waals surface area contributed by atoms with Crippen LogP contribution in [-0.4, -0.2) is 33.4 Å². The molecule has 7 heteroatoms. The van der Waals surface area contributed by atoms with Crippen molar-refractivity contribution >= 4 is 11.9 Å². The van der Waals surface area contributed by atoms with Crippen molar-refractivity contribution in [1.82, 2.24) is 15.1 Å². The summed E-state index contributed by atoms with van der Waals surface area (Å²) >= 11 is 0. The molecule has 114 valence electrons. The zero-order valence-corrected chi connectivity index (χ0v) is 11.9. The SMILES string of the molecule is Cn1cc(C(=O)NC(C(=O)O)c2ccc3c(c2)CCO3)cn1. The van der Waals surface area contributed by atoms with Crippen molar-refractivity contribution in [2.75, 3.05) is 6.61 Å². The molecular weight excluding hydrogens is 286 g/mol. The average molecular weight is 301 g/mol. The number of benzene rings is 1. The minimum absolute atomic E-state index is 0.318. The van der Waals surface area contributed by atoms with E-state index in [0.29, 0.717) is 17.7 Å². The number of ether oxygens (including phenoxy) is 1. The van der Waals surface area contributed by atoms with Crippen molar-refractivity contribution in [1.29, 1.82) is 0 Å². The van der Waals surface area contributed by atoms with Crippen molar-refractivity contribution in [3.05, 3.63) is 47.3 Å². The summed E-state index contributed by atoms with van der Waals surface area (Å²) in [7, 11) is 1.69. The molecule has 0 spiro atoms. The van der Waals surface area contributed by atoms with Crippen LogP contribution in [0.4, 0.5) is 0 Å². The summed E-state index contributed by atoms with van der Waals surface area (Å²) in [5.74, 6) is -0.820. The number of fused-ring (bicyclic) bond motifs is 1. The van der Waals surface area contributed by atoms with Crippen LogP contribution in [0.5, 0.6) is 5.75 Å². The molecule has 0 bridgehead atoms. The van der Waals surface area contributed by atoms with Crippen LogP contribution in [0.2, 0.25) is 0 Å². The van der Waals surface area contributed by atoms with E-state index < -0.39 is 17.9 Å². The Morgan fingerprint density at radius 3 is 2.95 bits per heavy atom. The average Bonchev–Trinajstić information content (AvgIpc) is 3.11. The van der Waals surface area contributed by atoms with E-state index in [2.05, 4.69) is 10.4 Å². The molecule has 1 unspecified atom stereocenters. The standard InChI is InChI=1S/C15H15N3O4/c1-18-8-11(7-16-18)14(19)17-13(15(20)21)10-2-3-12-9(6-10)4-5-22-12/h2-3,6-8,13H,4-5H2,1H3,(H,17,19)(H,20,21). The van der Waals surface area contributed by atoms with Crippen molar-refractivity contribution in [2.24, 2.45) is 7.05 Å². The van der Waals surface area contributed by atoms with Crippen LogP contribution in [0.3, 0.4) is 0 Å². The molecule has 0 radical (unpaired) electrons. The van der Waals surface area contributed by atoms with Gasteiger partial charge in [-0.05, 0) is 23.3 Å². The number of aryl methyl sites for hydroxylation is 1. The first-order valence-corrected chi connectivity index (χ1v) is 6.82. The van der Waals surface area contributed by atoms with Crippen LogP contribution >= 0.6 is 0 Å². The van der Waals surface area contributed by atoms with Gasteiger partial charge in [-0.2, -0.15) is 5.10 Å². The van der Waals surface area contributed by atoms with E-state index in [1.165, 1.54) is 17.1 Å². The van der Waals surface area contributed by atoms with Gasteiger partial charge in [0, 0.05) is 19.7 Å². The molecule has 1 aliphatic rings. The van der Waals surface area contributed by atoms with Crippen LogP contribution in [0.25, 0.3) is 0 Å². The molecule has 1 amide bonds. The summed E-state index contributed by atoms with van der Waals surface area (Å²) in [6.45, 7) is 0.596. The van der Waals surface area contributed by atoms with Gasteiger partial charge in [0.15, 0.2) is 6.04 Å². The second-order valence-electron chi connectivity index (χ2n) is 5.11. The largest absolute Gasteiger partial charge is 0.493 e. The van der Waals surface area contributed by atoms with E-state index >= 15 is 0 Å². The fourth-order valence-corrected chi connectivity index (χ4v) is 2.43. The lowest BCUT2D eigenvalue weighted by atomic mass is 10.0. The number of carboxylic acid groups (broad SMARTS) is 1. The monoisotopic (exact) mass is 301 g/mol. The minimum atomic E-state index is -1.11. The predicted octanol–water partition coefficient (Wildman–Crippen LogP) is 0.911. The molecule has 2 N–H and O–H groups in total. The van der Waals surface area contributed by atoms with Gasteiger partial charge in [0.05, 0.1) is 18.4 Å². The molecule has 1 aromatic carbocycles. The van der Waals surface area contributed by atoms with E-state index in [1.807, 2.05) is 0 Å². The Morgan fingerprint density at radius 2 is 2.27 bits per heavy atom. The molecule has 2 heterocycles. The molecule has 1 atom stereocenters. The molecule has 0 aliphatic carbocycles. The highest BCUT2D eigenvalue weighted by molar-refractivity contribution is 5.96. The van der Waals surface area contributed by atoms with Crippen LogP contribution in [0.1, 0.15) is 27.5 Å². The summed E-state index contributed by atoms with van der Waals surface area (Å²) in [5.41, 5.74) is 1.80. The van der Waals surface area contributed by atoms with Crippen LogP contribution in [0.15, 0.2) is 30.6 Å². The Bertz CT molecular complexity index is 738. The first kappa shape index (κ1) is 14.1. The third-order valence-electron chi connectivity index (χ3n) is 3.54. The molecule has 0 fully saturated rings. The number of carbonyl (C=O) groups is 2. The van der Waals surface area contributed by atoms with Gasteiger partial charge in [0.1, 0.15) is 5.75 Å². The van der Waals surface area contributed by atoms with Crippen LogP contribution in [-0.2, 0) is 18.3 Å². The topological polar surface area (TPSA) is 93.5 Å². The van der Waals surface area contributed by atoms with E-state index in [9.17, 15) is 14.7 Å². The highest BCUT2D eigenvalue weighted by Gasteiger charge is 2.25. The third-order valence-corrected chi connectivity index (χ3v) is 3.54.